The van der Waals surface area contributed by atoms with Crippen LogP contribution in [0.1, 0.15) is 35.8 Å². The molecule has 0 nitrogen and oxygen atoms in total. The molecular formula is C18H14Cl4S. The van der Waals surface area contributed by atoms with E-state index in [9.17, 15) is 0 Å². The summed E-state index contributed by atoms with van der Waals surface area (Å²) in [6.45, 7) is 0. The lowest BCUT2D eigenvalue weighted by Crippen LogP contribution is -1.94. The van der Waals surface area contributed by atoms with Gasteiger partial charge in [0.1, 0.15) is 8.67 Å². The topological polar surface area (TPSA) is 0 Å². The lowest BCUT2D eigenvalue weighted by Gasteiger charge is -2.13. The van der Waals surface area contributed by atoms with Crippen molar-refractivity contribution in [3.05, 3.63) is 59.7 Å². The summed E-state index contributed by atoms with van der Waals surface area (Å²) in [7, 11) is 0. The first-order valence-electron chi connectivity index (χ1n) is 7.50. The molecule has 2 saturated carbocycles. The maximum absolute atomic E-state index is 6.27. The van der Waals surface area contributed by atoms with Gasteiger partial charge in [-0.05, 0) is 36.1 Å². The standard InChI is InChI=1S/C18H14Cl4S/c19-17(20)9-13(17)11-5-1-3-7-15(11)23-16-8-4-2-6-12(16)14-10-18(14,21)22/h1-8,13-14H,9-10H2/t13-,14+. The third kappa shape index (κ3) is 3.24. The molecule has 2 aliphatic rings. The van der Waals surface area contributed by atoms with Gasteiger partial charge in [-0.3, -0.25) is 0 Å². The predicted octanol–water partition coefficient (Wildman–Crippen LogP) is 7.16. The molecule has 0 aromatic heterocycles. The first-order chi connectivity index (χ1) is 10.9. The van der Waals surface area contributed by atoms with E-state index in [1.165, 1.54) is 20.9 Å². The van der Waals surface area contributed by atoms with E-state index in [2.05, 4.69) is 24.3 Å². The SMILES string of the molecule is ClC1(Cl)C[C@@H]1c1ccccc1Sc1ccccc1[C@@H]1CC1(Cl)Cl. The van der Waals surface area contributed by atoms with Gasteiger partial charge in [-0.2, -0.15) is 0 Å². The highest BCUT2D eigenvalue weighted by atomic mass is 35.5. The second-order valence-corrected chi connectivity index (χ2v) is 10.4. The zero-order valence-electron chi connectivity index (χ0n) is 12.1. The minimum absolute atomic E-state index is 0.211. The van der Waals surface area contributed by atoms with E-state index in [0.717, 1.165) is 12.8 Å². The minimum Gasteiger partial charge on any atom is -0.101 e. The predicted molar refractivity (Wildman–Crippen MR) is 101 cm³/mol. The van der Waals surface area contributed by atoms with Crippen molar-refractivity contribution < 1.29 is 0 Å². The molecule has 2 aromatic rings. The first-order valence-corrected chi connectivity index (χ1v) is 9.83. The maximum atomic E-state index is 6.27. The van der Waals surface area contributed by atoms with E-state index in [4.69, 9.17) is 46.4 Å². The fourth-order valence-electron chi connectivity index (χ4n) is 2.94. The summed E-state index contributed by atoms with van der Waals surface area (Å²) in [5, 5.41) is 0. The Kier molecular flexibility index (Phi) is 4.10. The molecule has 0 spiro atoms. The monoisotopic (exact) mass is 402 g/mol. The van der Waals surface area contributed by atoms with Crippen molar-refractivity contribution in [2.75, 3.05) is 0 Å². The van der Waals surface area contributed by atoms with Gasteiger partial charge in [0.2, 0.25) is 0 Å². The lowest BCUT2D eigenvalue weighted by atomic mass is 10.1. The average Bonchev–Trinajstić information content (AvgIpc) is 3.35. The maximum Gasteiger partial charge on any atom is 0.126 e. The van der Waals surface area contributed by atoms with E-state index < -0.39 is 8.67 Å². The molecule has 23 heavy (non-hydrogen) atoms. The largest absolute Gasteiger partial charge is 0.126 e. The number of rotatable bonds is 4. The lowest BCUT2D eigenvalue weighted by molar-refractivity contribution is 1.04. The van der Waals surface area contributed by atoms with Crippen molar-refractivity contribution in [3.63, 3.8) is 0 Å². The molecule has 0 N–H and O–H groups in total. The smallest absolute Gasteiger partial charge is 0.101 e. The van der Waals surface area contributed by atoms with Crippen LogP contribution >= 0.6 is 58.2 Å². The van der Waals surface area contributed by atoms with E-state index >= 15 is 0 Å². The molecule has 5 heteroatoms. The van der Waals surface area contributed by atoms with Gasteiger partial charge in [-0.25, -0.2) is 0 Å². The second-order valence-electron chi connectivity index (χ2n) is 6.21. The Morgan fingerprint density at radius 1 is 0.696 bits per heavy atom. The van der Waals surface area contributed by atoms with Gasteiger partial charge in [-0.1, -0.05) is 48.2 Å². The summed E-state index contributed by atoms with van der Waals surface area (Å²) >= 11 is 26.8. The average molecular weight is 404 g/mol. The molecule has 0 amide bonds. The van der Waals surface area contributed by atoms with Crippen molar-refractivity contribution in [2.24, 2.45) is 0 Å². The molecule has 0 bridgehead atoms. The van der Waals surface area contributed by atoms with Gasteiger partial charge >= 0.3 is 0 Å². The normalized spacial score (nSPS) is 26.8. The Balaban J connectivity index is 1.65. The fourth-order valence-corrected chi connectivity index (χ4v) is 5.22. The van der Waals surface area contributed by atoms with E-state index in [-0.39, 0.29) is 11.8 Å². The van der Waals surface area contributed by atoms with Gasteiger partial charge in [0.25, 0.3) is 0 Å². The third-order valence-electron chi connectivity index (χ3n) is 4.46. The molecule has 0 radical (unpaired) electrons. The summed E-state index contributed by atoms with van der Waals surface area (Å²) in [5.74, 6) is 0.422. The summed E-state index contributed by atoms with van der Waals surface area (Å²) < 4.78 is -1.23. The molecule has 4 rings (SSSR count). The van der Waals surface area contributed by atoms with E-state index in [0.29, 0.717) is 0 Å². The summed E-state index contributed by atoms with van der Waals surface area (Å²) in [6.07, 6.45) is 1.62. The molecule has 120 valence electrons. The Bertz CT molecular complexity index is 693. The Morgan fingerprint density at radius 3 is 1.39 bits per heavy atom. The quantitative estimate of drug-likeness (QED) is 0.488. The molecular weight excluding hydrogens is 390 g/mol. The molecule has 0 saturated heterocycles. The third-order valence-corrected chi connectivity index (χ3v) is 7.31. The van der Waals surface area contributed by atoms with Crippen molar-refractivity contribution in [1.29, 1.82) is 0 Å². The van der Waals surface area contributed by atoms with Gasteiger partial charge in [-0.15, -0.1) is 46.4 Å². The number of hydrogen-bond acceptors (Lipinski definition) is 1. The molecule has 2 fully saturated rings. The van der Waals surface area contributed by atoms with Crippen LogP contribution in [0.4, 0.5) is 0 Å². The zero-order chi connectivity index (χ0) is 16.2. The number of benzene rings is 2. The van der Waals surface area contributed by atoms with Gasteiger partial charge in [0.15, 0.2) is 0 Å². The first kappa shape index (κ1) is 16.4. The molecule has 2 atom stereocenters. The van der Waals surface area contributed by atoms with E-state index in [1.807, 2.05) is 24.3 Å². The molecule has 2 aliphatic carbocycles. The van der Waals surface area contributed by atoms with Crippen LogP contribution in [-0.4, -0.2) is 8.67 Å². The van der Waals surface area contributed by atoms with Gasteiger partial charge in [0.05, 0.1) is 0 Å². The van der Waals surface area contributed by atoms with Crippen LogP contribution in [0.2, 0.25) is 0 Å². The molecule has 0 unspecified atom stereocenters. The highest BCUT2D eigenvalue weighted by molar-refractivity contribution is 7.99. The van der Waals surface area contributed by atoms with Crippen LogP contribution in [0.5, 0.6) is 0 Å². The number of hydrogen-bond donors (Lipinski definition) is 0. The fraction of sp³-hybridized carbons (Fsp3) is 0.333. The van der Waals surface area contributed by atoms with Gasteiger partial charge in [0, 0.05) is 21.6 Å². The summed E-state index contributed by atoms with van der Waals surface area (Å²) in [4.78, 5) is 2.40. The van der Waals surface area contributed by atoms with Crippen LogP contribution in [0, 0.1) is 0 Å². The van der Waals surface area contributed by atoms with Crippen molar-refractivity contribution in [2.45, 2.75) is 43.1 Å². The van der Waals surface area contributed by atoms with Crippen LogP contribution < -0.4 is 0 Å². The molecule has 0 heterocycles. The molecule has 0 aliphatic heterocycles. The Labute approximate surface area is 160 Å². The number of alkyl halides is 4. The van der Waals surface area contributed by atoms with Crippen LogP contribution in [0.15, 0.2) is 58.3 Å². The molecule has 2 aromatic carbocycles. The van der Waals surface area contributed by atoms with Crippen molar-refractivity contribution in [3.8, 4) is 0 Å². The van der Waals surface area contributed by atoms with Crippen LogP contribution in [0.25, 0.3) is 0 Å². The van der Waals surface area contributed by atoms with Crippen LogP contribution in [0.3, 0.4) is 0 Å². The minimum atomic E-state index is -0.617. The summed E-state index contributed by atoms with van der Waals surface area (Å²) in [5.41, 5.74) is 2.44. The van der Waals surface area contributed by atoms with E-state index in [1.54, 1.807) is 11.8 Å². The van der Waals surface area contributed by atoms with Crippen LogP contribution in [-0.2, 0) is 0 Å². The van der Waals surface area contributed by atoms with Crippen molar-refractivity contribution in [1.82, 2.24) is 0 Å². The zero-order valence-corrected chi connectivity index (χ0v) is 15.9. The highest BCUT2D eigenvalue weighted by Gasteiger charge is 2.54. The Hall–Kier alpha value is -0.0500. The highest BCUT2D eigenvalue weighted by Crippen LogP contribution is 2.63. The number of halogens is 4. The van der Waals surface area contributed by atoms with Gasteiger partial charge < -0.3 is 0 Å². The Morgan fingerprint density at radius 2 is 1.04 bits per heavy atom. The van der Waals surface area contributed by atoms with Crippen molar-refractivity contribution >= 4 is 58.2 Å². The summed E-state index contributed by atoms with van der Waals surface area (Å²) in [6, 6.07) is 16.7. The second kappa shape index (κ2) is 5.75.